The third-order valence-electron chi connectivity index (χ3n) is 3.49. The lowest BCUT2D eigenvalue weighted by Gasteiger charge is -2.34. The fourth-order valence-corrected chi connectivity index (χ4v) is 2.50. The third-order valence-corrected chi connectivity index (χ3v) is 3.49. The molecule has 0 aromatic carbocycles. The van der Waals surface area contributed by atoms with E-state index in [1.54, 1.807) is 0 Å². The van der Waals surface area contributed by atoms with Crippen molar-refractivity contribution < 1.29 is 4.74 Å². The summed E-state index contributed by atoms with van der Waals surface area (Å²) in [6.45, 7) is 5.03. The molecule has 0 amide bonds. The summed E-state index contributed by atoms with van der Waals surface area (Å²) >= 11 is 0. The predicted molar refractivity (Wildman–Crippen MR) is 52.7 cm³/mol. The minimum absolute atomic E-state index is 0.529. The molecule has 2 aliphatic rings. The monoisotopic (exact) mass is 182 g/mol. The van der Waals surface area contributed by atoms with Crippen LogP contribution in [-0.4, -0.2) is 25.8 Å². The number of rotatable bonds is 1. The van der Waals surface area contributed by atoms with Gasteiger partial charge in [-0.1, -0.05) is 19.8 Å². The molecule has 2 fully saturated rings. The van der Waals surface area contributed by atoms with E-state index in [-0.39, 0.29) is 0 Å². The first-order valence-corrected chi connectivity index (χ1v) is 5.60. The average Bonchev–Trinajstić information content (AvgIpc) is 2.20. The molecule has 1 unspecified atom stereocenters. The Labute approximate surface area is 81.0 Å². The van der Waals surface area contributed by atoms with E-state index in [0.29, 0.717) is 6.04 Å². The molecule has 13 heavy (non-hydrogen) atoms. The highest BCUT2D eigenvalue weighted by Crippen LogP contribution is 2.31. The molecule has 1 saturated carbocycles. The fourth-order valence-electron chi connectivity index (χ4n) is 2.50. The molecule has 2 rings (SSSR count). The maximum Gasteiger partial charge on any atom is 0.0639 e. The van der Waals surface area contributed by atoms with E-state index in [0.717, 1.165) is 31.6 Å². The van der Waals surface area contributed by atoms with Crippen molar-refractivity contribution in [3.63, 3.8) is 0 Å². The van der Waals surface area contributed by atoms with Gasteiger partial charge in [-0.25, -0.2) is 5.32 Å². The first-order chi connectivity index (χ1) is 6.36. The zero-order chi connectivity index (χ0) is 9.10. The lowest BCUT2D eigenvalue weighted by atomic mass is 9.79. The van der Waals surface area contributed by atoms with Gasteiger partial charge in [0.05, 0.1) is 19.3 Å². The Bertz CT molecular complexity index is 146. The van der Waals surface area contributed by atoms with Gasteiger partial charge < -0.3 is 4.74 Å². The van der Waals surface area contributed by atoms with Crippen molar-refractivity contribution in [2.75, 3.05) is 19.8 Å². The van der Waals surface area contributed by atoms with Crippen LogP contribution in [0.25, 0.3) is 0 Å². The molecule has 1 saturated heterocycles. The topological polar surface area (TPSA) is 23.3 Å². The summed E-state index contributed by atoms with van der Waals surface area (Å²) < 4.78 is 5.47. The standard InChI is InChI=1S/C11H20NO/c1-9-2-4-10(5-3-9)11-8-13-7-6-12-11/h9-11H,2-8H2,1H3. The van der Waals surface area contributed by atoms with Crippen LogP contribution in [0.1, 0.15) is 32.6 Å². The number of morpholine rings is 1. The van der Waals surface area contributed by atoms with Crippen LogP contribution < -0.4 is 5.32 Å². The molecule has 0 spiro atoms. The molecule has 0 N–H and O–H groups in total. The summed E-state index contributed by atoms with van der Waals surface area (Å²) in [7, 11) is 0. The molecule has 1 heterocycles. The Morgan fingerprint density at radius 3 is 2.54 bits per heavy atom. The van der Waals surface area contributed by atoms with Gasteiger partial charge in [0, 0.05) is 6.54 Å². The van der Waals surface area contributed by atoms with Crippen molar-refractivity contribution in [2.45, 2.75) is 38.6 Å². The van der Waals surface area contributed by atoms with Crippen molar-refractivity contribution >= 4 is 0 Å². The molecule has 1 aliphatic carbocycles. The second kappa shape index (κ2) is 4.43. The normalized spacial score (nSPS) is 41.8. The minimum atomic E-state index is 0.529. The van der Waals surface area contributed by atoms with Gasteiger partial charge in [-0.3, -0.25) is 0 Å². The quantitative estimate of drug-likeness (QED) is 0.606. The van der Waals surface area contributed by atoms with Gasteiger partial charge >= 0.3 is 0 Å². The second-order valence-electron chi connectivity index (χ2n) is 4.57. The molecule has 2 heteroatoms. The molecular formula is C11H20NO. The van der Waals surface area contributed by atoms with E-state index in [2.05, 4.69) is 12.2 Å². The van der Waals surface area contributed by atoms with Crippen molar-refractivity contribution in [3.05, 3.63) is 0 Å². The van der Waals surface area contributed by atoms with Gasteiger partial charge in [0.2, 0.25) is 0 Å². The molecular weight excluding hydrogens is 162 g/mol. The summed E-state index contributed by atoms with van der Waals surface area (Å²) in [5.74, 6) is 1.78. The van der Waals surface area contributed by atoms with E-state index in [1.807, 2.05) is 0 Å². The van der Waals surface area contributed by atoms with Gasteiger partial charge in [0.15, 0.2) is 0 Å². The summed E-state index contributed by atoms with van der Waals surface area (Å²) in [5.41, 5.74) is 0. The van der Waals surface area contributed by atoms with Crippen molar-refractivity contribution in [1.82, 2.24) is 5.32 Å². The average molecular weight is 182 g/mol. The first-order valence-electron chi connectivity index (χ1n) is 5.60. The van der Waals surface area contributed by atoms with Crippen molar-refractivity contribution in [1.29, 1.82) is 0 Å². The number of hydrogen-bond donors (Lipinski definition) is 0. The number of ether oxygens (including phenoxy) is 1. The summed E-state index contributed by atoms with van der Waals surface area (Å²) in [5, 5.41) is 4.65. The largest absolute Gasteiger partial charge is 0.378 e. The van der Waals surface area contributed by atoms with Crippen LogP contribution in [0.4, 0.5) is 0 Å². The molecule has 1 aliphatic heterocycles. The zero-order valence-corrected chi connectivity index (χ0v) is 8.54. The van der Waals surface area contributed by atoms with E-state index >= 15 is 0 Å². The Hall–Kier alpha value is -0.0800. The summed E-state index contributed by atoms with van der Waals surface area (Å²) in [6.07, 6.45) is 5.55. The fraction of sp³-hybridized carbons (Fsp3) is 1.00. The van der Waals surface area contributed by atoms with Crippen LogP contribution in [0.2, 0.25) is 0 Å². The number of nitrogens with zero attached hydrogens (tertiary/aromatic N) is 1. The Kier molecular flexibility index (Phi) is 3.23. The zero-order valence-electron chi connectivity index (χ0n) is 8.54. The molecule has 1 radical (unpaired) electrons. The molecule has 0 aromatic rings. The van der Waals surface area contributed by atoms with Crippen LogP contribution >= 0.6 is 0 Å². The van der Waals surface area contributed by atoms with Gasteiger partial charge in [-0.2, -0.15) is 0 Å². The lowest BCUT2D eigenvalue weighted by Crippen LogP contribution is -2.42. The second-order valence-corrected chi connectivity index (χ2v) is 4.57. The Morgan fingerprint density at radius 1 is 1.15 bits per heavy atom. The van der Waals surface area contributed by atoms with Gasteiger partial charge in [0.1, 0.15) is 0 Å². The lowest BCUT2D eigenvalue weighted by molar-refractivity contribution is 0.0433. The third kappa shape index (κ3) is 2.44. The highest BCUT2D eigenvalue weighted by atomic mass is 16.5. The van der Waals surface area contributed by atoms with E-state index in [1.165, 1.54) is 25.7 Å². The predicted octanol–water partition coefficient (Wildman–Crippen LogP) is 1.82. The minimum Gasteiger partial charge on any atom is -0.378 e. The van der Waals surface area contributed by atoms with Crippen LogP contribution in [0.3, 0.4) is 0 Å². The highest BCUT2D eigenvalue weighted by Gasteiger charge is 2.27. The van der Waals surface area contributed by atoms with Crippen molar-refractivity contribution in [2.24, 2.45) is 11.8 Å². The Morgan fingerprint density at radius 2 is 1.92 bits per heavy atom. The molecule has 0 bridgehead atoms. The molecule has 75 valence electrons. The van der Waals surface area contributed by atoms with Crippen molar-refractivity contribution in [3.8, 4) is 0 Å². The highest BCUT2D eigenvalue weighted by molar-refractivity contribution is 4.82. The molecule has 2 nitrogen and oxygen atoms in total. The van der Waals surface area contributed by atoms with E-state index in [4.69, 9.17) is 4.74 Å². The van der Waals surface area contributed by atoms with Crippen LogP contribution in [0.15, 0.2) is 0 Å². The maximum absolute atomic E-state index is 5.47. The molecule has 1 atom stereocenters. The van der Waals surface area contributed by atoms with E-state index < -0.39 is 0 Å². The van der Waals surface area contributed by atoms with Gasteiger partial charge in [0.25, 0.3) is 0 Å². The Balaban J connectivity index is 1.79. The van der Waals surface area contributed by atoms with Crippen LogP contribution in [0, 0.1) is 11.8 Å². The SMILES string of the molecule is CC1CCC(C2COCC[N]2)CC1. The molecule has 0 aromatic heterocycles. The first kappa shape index (κ1) is 9.47. The van der Waals surface area contributed by atoms with E-state index in [9.17, 15) is 0 Å². The maximum atomic E-state index is 5.47. The van der Waals surface area contributed by atoms with Crippen LogP contribution in [-0.2, 0) is 4.74 Å². The van der Waals surface area contributed by atoms with Gasteiger partial charge in [-0.15, -0.1) is 0 Å². The smallest absolute Gasteiger partial charge is 0.0639 e. The van der Waals surface area contributed by atoms with Crippen LogP contribution in [0.5, 0.6) is 0 Å². The summed E-state index contributed by atoms with van der Waals surface area (Å²) in [6, 6.07) is 0.529. The summed E-state index contributed by atoms with van der Waals surface area (Å²) in [4.78, 5) is 0. The van der Waals surface area contributed by atoms with Gasteiger partial charge in [-0.05, 0) is 24.7 Å². The number of hydrogen-bond acceptors (Lipinski definition) is 1.